The highest BCUT2D eigenvalue weighted by Gasteiger charge is 2.18. The van der Waals surface area contributed by atoms with E-state index in [1.165, 1.54) is 0 Å². The van der Waals surface area contributed by atoms with Gasteiger partial charge in [-0.25, -0.2) is 4.39 Å². The first kappa shape index (κ1) is 14.8. The summed E-state index contributed by atoms with van der Waals surface area (Å²) in [6, 6.07) is 12.4. The number of ether oxygens (including phenoxy) is 1. The van der Waals surface area contributed by atoms with Crippen molar-refractivity contribution in [2.45, 2.75) is 13.0 Å². The number of halogens is 2. The van der Waals surface area contributed by atoms with Crippen molar-refractivity contribution < 1.29 is 9.13 Å². The second-order valence-corrected chi connectivity index (χ2v) is 4.82. The van der Waals surface area contributed by atoms with Crippen LogP contribution < -0.4 is 10.1 Å². The van der Waals surface area contributed by atoms with Crippen LogP contribution in [0.1, 0.15) is 24.1 Å². The fourth-order valence-electron chi connectivity index (χ4n) is 2.18. The van der Waals surface area contributed by atoms with Gasteiger partial charge in [-0.15, -0.1) is 0 Å². The molecule has 0 saturated carbocycles. The van der Waals surface area contributed by atoms with Gasteiger partial charge in [0.05, 0.1) is 18.2 Å². The fourth-order valence-corrected chi connectivity index (χ4v) is 2.36. The summed E-state index contributed by atoms with van der Waals surface area (Å²) in [5.41, 5.74) is 1.47. The Bertz CT molecular complexity index is 588. The molecule has 0 saturated heterocycles. The van der Waals surface area contributed by atoms with Gasteiger partial charge in [-0.05, 0) is 30.3 Å². The summed E-state index contributed by atoms with van der Waals surface area (Å²) in [7, 11) is 1.61. The molecular weight excluding hydrogens is 277 g/mol. The van der Waals surface area contributed by atoms with Crippen LogP contribution in [0.2, 0.25) is 5.02 Å². The van der Waals surface area contributed by atoms with Gasteiger partial charge in [-0.2, -0.15) is 0 Å². The molecule has 0 aliphatic heterocycles. The third-order valence-corrected chi connectivity index (χ3v) is 3.42. The normalized spacial score (nSPS) is 12.2. The summed E-state index contributed by atoms with van der Waals surface area (Å²) in [5.74, 6) is 0.357. The van der Waals surface area contributed by atoms with Gasteiger partial charge in [0.25, 0.3) is 0 Å². The zero-order chi connectivity index (χ0) is 14.5. The Labute approximate surface area is 123 Å². The number of benzene rings is 2. The Balaban J connectivity index is 2.47. The highest BCUT2D eigenvalue weighted by Crippen LogP contribution is 2.29. The molecule has 1 unspecified atom stereocenters. The maximum atomic E-state index is 14.2. The van der Waals surface area contributed by atoms with E-state index in [1.54, 1.807) is 25.3 Å². The summed E-state index contributed by atoms with van der Waals surface area (Å²) < 4.78 is 19.5. The van der Waals surface area contributed by atoms with Crippen molar-refractivity contribution in [2.75, 3.05) is 13.7 Å². The zero-order valence-corrected chi connectivity index (χ0v) is 12.2. The monoisotopic (exact) mass is 293 g/mol. The molecule has 2 rings (SSSR count). The fraction of sp³-hybridized carbons (Fsp3) is 0.250. The molecule has 1 atom stereocenters. The van der Waals surface area contributed by atoms with Gasteiger partial charge in [0, 0.05) is 5.56 Å². The summed E-state index contributed by atoms with van der Waals surface area (Å²) in [5, 5.41) is 3.41. The van der Waals surface area contributed by atoms with Crippen molar-refractivity contribution in [3.8, 4) is 5.75 Å². The molecule has 0 amide bonds. The lowest BCUT2D eigenvalue weighted by molar-refractivity contribution is 0.413. The van der Waals surface area contributed by atoms with E-state index in [4.69, 9.17) is 16.3 Å². The topological polar surface area (TPSA) is 21.3 Å². The predicted octanol–water partition coefficient (Wildman–Crippen LogP) is 4.19. The van der Waals surface area contributed by atoms with Gasteiger partial charge in [0.1, 0.15) is 11.6 Å². The smallest absolute Gasteiger partial charge is 0.146 e. The van der Waals surface area contributed by atoms with E-state index in [0.29, 0.717) is 12.1 Å². The largest absolute Gasteiger partial charge is 0.497 e. The minimum absolute atomic E-state index is 0.133. The molecular formula is C16H17ClFNO. The molecule has 0 aromatic heterocycles. The lowest BCUT2D eigenvalue weighted by atomic mass is 9.98. The number of hydrogen-bond donors (Lipinski definition) is 1. The Kier molecular flexibility index (Phi) is 4.99. The quantitative estimate of drug-likeness (QED) is 0.892. The second-order valence-electron chi connectivity index (χ2n) is 4.41. The van der Waals surface area contributed by atoms with E-state index >= 15 is 0 Å². The molecule has 0 aliphatic carbocycles. The van der Waals surface area contributed by atoms with Crippen LogP contribution in [-0.4, -0.2) is 13.7 Å². The summed E-state index contributed by atoms with van der Waals surface area (Å²) in [6.07, 6.45) is 0. The Hall–Kier alpha value is -1.58. The average molecular weight is 294 g/mol. The minimum Gasteiger partial charge on any atom is -0.497 e. The van der Waals surface area contributed by atoms with Gasteiger partial charge in [-0.1, -0.05) is 42.8 Å². The first-order valence-electron chi connectivity index (χ1n) is 6.48. The summed E-state index contributed by atoms with van der Waals surface area (Å²) in [6.45, 7) is 2.70. The van der Waals surface area contributed by atoms with Gasteiger partial charge >= 0.3 is 0 Å². The molecule has 20 heavy (non-hydrogen) atoms. The highest BCUT2D eigenvalue weighted by molar-refractivity contribution is 6.30. The Morgan fingerprint density at radius 2 is 2.00 bits per heavy atom. The van der Waals surface area contributed by atoms with Crippen LogP contribution in [0, 0.1) is 5.82 Å². The van der Waals surface area contributed by atoms with Crippen LogP contribution in [0.4, 0.5) is 4.39 Å². The first-order valence-corrected chi connectivity index (χ1v) is 6.86. The van der Waals surface area contributed by atoms with E-state index in [0.717, 1.165) is 11.3 Å². The lowest BCUT2D eigenvalue weighted by Gasteiger charge is -2.20. The van der Waals surface area contributed by atoms with Gasteiger partial charge in [0.2, 0.25) is 0 Å². The number of methoxy groups -OCH3 is 1. The predicted molar refractivity (Wildman–Crippen MR) is 79.9 cm³/mol. The molecule has 2 aromatic rings. The number of hydrogen-bond acceptors (Lipinski definition) is 2. The minimum atomic E-state index is -0.386. The van der Waals surface area contributed by atoms with Crippen molar-refractivity contribution in [3.63, 3.8) is 0 Å². The van der Waals surface area contributed by atoms with Gasteiger partial charge < -0.3 is 10.1 Å². The van der Waals surface area contributed by atoms with Crippen molar-refractivity contribution in [1.29, 1.82) is 0 Å². The van der Waals surface area contributed by atoms with E-state index < -0.39 is 0 Å². The molecule has 0 bridgehead atoms. The third-order valence-electron chi connectivity index (χ3n) is 3.13. The molecule has 0 fully saturated rings. The van der Waals surface area contributed by atoms with Crippen molar-refractivity contribution in [3.05, 3.63) is 64.4 Å². The molecule has 0 heterocycles. The van der Waals surface area contributed by atoms with Gasteiger partial charge in [0.15, 0.2) is 0 Å². The molecule has 1 N–H and O–H groups in total. The van der Waals surface area contributed by atoms with Crippen LogP contribution in [0.5, 0.6) is 5.75 Å². The van der Waals surface area contributed by atoms with Crippen molar-refractivity contribution in [1.82, 2.24) is 5.32 Å². The van der Waals surface area contributed by atoms with Crippen molar-refractivity contribution >= 4 is 11.6 Å². The maximum Gasteiger partial charge on any atom is 0.146 e. The first-order chi connectivity index (χ1) is 9.67. The SMILES string of the molecule is CCNC(c1cccc(OC)c1)c1cccc(Cl)c1F. The molecule has 0 radical (unpaired) electrons. The number of rotatable bonds is 5. The lowest BCUT2D eigenvalue weighted by Crippen LogP contribution is -2.23. The molecule has 0 spiro atoms. The molecule has 2 nitrogen and oxygen atoms in total. The third kappa shape index (κ3) is 3.11. The van der Waals surface area contributed by atoms with E-state index in [9.17, 15) is 4.39 Å². The summed E-state index contributed by atoms with van der Waals surface area (Å²) >= 11 is 5.88. The van der Waals surface area contributed by atoms with Crippen LogP contribution in [0.25, 0.3) is 0 Å². The second kappa shape index (κ2) is 6.73. The van der Waals surface area contributed by atoms with Crippen LogP contribution >= 0.6 is 11.6 Å². The van der Waals surface area contributed by atoms with E-state index in [-0.39, 0.29) is 16.9 Å². The summed E-state index contributed by atoms with van der Waals surface area (Å²) in [4.78, 5) is 0. The molecule has 2 aromatic carbocycles. The van der Waals surface area contributed by atoms with Crippen LogP contribution in [0.15, 0.2) is 42.5 Å². The van der Waals surface area contributed by atoms with Crippen LogP contribution in [0.3, 0.4) is 0 Å². The molecule has 0 aliphatic rings. The Morgan fingerprint density at radius 1 is 1.25 bits per heavy atom. The van der Waals surface area contributed by atoms with E-state index in [2.05, 4.69) is 5.32 Å². The van der Waals surface area contributed by atoms with Crippen LogP contribution in [-0.2, 0) is 0 Å². The maximum absolute atomic E-state index is 14.2. The average Bonchev–Trinajstić information content (AvgIpc) is 2.48. The van der Waals surface area contributed by atoms with E-state index in [1.807, 2.05) is 31.2 Å². The standard InChI is InChI=1S/C16H17ClFNO/c1-3-19-16(11-6-4-7-12(10-11)20-2)13-8-5-9-14(17)15(13)18/h4-10,16,19H,3H2,1-2H3. The van der Waals surface area contributed by atoms with Gasteiger partial charge in [-0.3, -0.25) is 0 Å². The Morgan fingerprint density at radius 3 is 2.70 bits per heavy atom. The van der Waals surface area contributed by atoms with Crippen molar-refractivity contribution in [2.24, 2.45) is 0 Å². The number of nitrogens with one attached hydrogen (secondary N) is 1. The molecule has 4 heteroatoms. The molecule has 106 valence electrons. The highest BCUT2D eigenvalue weighted by atomic mass is 35.5. The zero-order valence-electron chi connectivity index (χ0n) is 11.5.